The average Bonchev–Trinajstić information content (AvgIpc) is 3.61. The topological polar surface area (TPSA) is 33.9 Å². The molecule has 3 heterocycles. The number of hydrogen-bond acceptors (Lipinski definition) is 1. The monoisotopic (exact) mass is 588 g/mol. The zero-order valence-corrected chi connectivity index (χ0v) is 26.6. The molecular weight excluding hydrogens is 548 g/mol. The molecule has 0 bridgehead atoms. The van der Waals surface area contributed by atoms with Gasteiger partial charge in [-0.2, -0.15) is 0 Å². The zero-order chi connectivity index (χ0) is 31.3. The van der Waals surface area contributed by atoms with Crippen LogP contribution >= 0.6 is 0 Å². The molecular formula is C42H40N2O. The van der Waals surface area contributed by atoms with Gasteiger partial charge in [-0.3, -0.25) is 0 Å². The number of H-pyrrole nitrogens is 1. The van der Waals surface area contributed by atoms with E-state index in [-0.39, 0.29) is 0 Å². The minimum absolute atomic E-state index is 0.915. The summed E-state index contributed by atoms with van der Waals surface area (Å²) in [5.41, 5.74) is 8.76. The van der Waals surface area contributed by atoms with Crippen molar-refractivity contribution in [3.8, 4) is 0 Å². The summed E-state index contributed by atoms with van der Waals surface area (Å²) in [7, 11) is 2.16. The fraction of sp³-hybridized carbons (Fsp3) is 0.143. The van der Waals surface area contributed by atoms with Crippen LogP contribution in [0.5, 0.6) is 0 Å². The number of para-hydroxylation sites is 3. The van der Waals surface area contributed by atoms with Crippen molar-refractivity contribution in [2.75, 3.05) is 0 Å². The van der Waals surface area contributed by atoms with Crippen LogP contribution in [-0.2, 0) is 13.5 Å². The maximum atomic E-state index is 5.65. The molecule has 224 valence electrons. The molecule has 3 aromatic heterocycles. The van der Waals surface area contributed by atoms with E-state index < -0.39 is 0 Å². The van der Waals surface area contributed by atoms with Crippen molar-refractivity contribution >= 4 is 61.9 Å². The highest BCUT2D eigenvalue weighted by molar-refractivity contribution is 6.09. The molecule has 8 rings (SSSR count). The van der Waals surface area contributed by atoms with E-state index in [4.69, 9.17) is 4.42 Å². The Morgan fingerprint density at radius 3 is 2.33 bits per heavy atom. The van der Waals surface area contributed by atoms with E-state index in [1.165, 1.54) is 65.4 Å². The van der Waals surface area contributed by atoms with Gasteiger partial charge in [0, 0.05) is 62.2 Å². The Hall–Kier alpha value is -5.28. The third-order valence-electron chi connectivity index (χ3n) is 8.45. The lowest BCUT2D eigenvalue weighted by Gasteiger charge is -2.07. The van der Waals surface area contributed by atoms with Gasteiger partial charge in [-0.25, -0.2) is 0 Å². The summed E-state index contributed by atoms with van der Waals surface area (Å²) in [5.74, 6) is 0.962. The van der Waals surface area contributed by atoms with Crippen LogP contribution in [0, 0.1) is 6.92 Å². The number of fused-ring (bicyclic) bond motifs is 7. The van der Waals surface area contributed by atoms with E-state index in [9.17, 15) is 0 Å². The molecule has 0 fully saturated rings. The first-order valence-corrected chi connectivity index (χ1v) is 15.6. The smallest absolute Gasteiger partial charge is 0.135 e. The minimum atomic E-state index is 0.915. The second-order valence-corrected chi connectivity index (χ2v) is 11.4. The van der Waals surface area contributed by atoms with E-state index in [0.29, 0.717) is 0 Å². The van der Waals surface area contributed by atoms with Crippen molar-refractivity contribution in [3.63, 3.8) is 0 Å². The predicted octanol–water partition coefficient (Wildman–Crippen LogP) is 9.89. The van der Waals surface area contributed by atoms with Crippen molar-refractivity contribution in [1.29, 1.82) is 0 Å². The van der Waals surface area contributed by atoms with Gasteiger partial charge in [0.1, 0.15) is 11.3 Å². The Balaban J connectivity index is 0.000000186. The Morgan fingerprint density at radius 1 is 0.844 bits per heavy atom. The van der Waals surface area contributed by atoms with Crippen LogP contribution in [0.25, 0.3) is 61.9 Å². The van der Waals surface area contributed by atoms with Gasteiger partial charge in [0.25, 0.3) is 0 Å². The van der Waals surface area contributed by atoms with Crippen LogP contribution in [0.4, 0.5) is 0 Å². The molecule has 0 radical (unpaired) electrons. The van der Waals surface area contributed by atoms with Gasteiger partial charge in [-0.1, -0.05) is 97.1 Å². The second kappa shape index (κ2) is 13.2. The summed E-state index contributed by atoms with van der Waals surface area (Å²) < 4.78 is 7.96. The van der Waals surface area contributed by atoms with Crippen LogP contribution in [0.2, 0.25) is 0 Å². The maximum absolute atomic E-state index is 5.65. The first-order chi connectivity index (χ1) is 22.0. The van der Waals surface area contributed by atoms with Gasteiger partial charge >= 0.3 is 0 Å². The summed E-state index contributed by atoms with van der Waals surface area (Å²) in [5, 5.41) is 7.77. The van der Waals surface area contributed by atoms with Gasteiger partial charge in [-0.15, -0.1) is 6.58 Å². The van der Waals surface area contributed by atoms with Gasteiger partial charge in [0.2, 0.25) is 0 Å². The quantitative estimate of drug-likeness (QED) is 0.205. The number of benzene rings is 4. The van der Waals surface area contributed by atoms with Crippen LogP contribution in [0.1, 0.15) is 42.7 Å². The maximum Gasteiger partial charge on any atom is 0.135 e. The summed E-state index contributed by atoms with van der Waals surface area (Å²) in [6, 6.07) is 30.2. The number of allylic oxidation sites excluding steroid dienone is 4. The number of aromatic amines is 1. The molecule has 0 saturated heterocycles. The summed E-state index contributed by atoms with van der Waals surface area (Å²) in [4.78, 5) is 3.69. The van der Waals surface area contributed by atoms with Crippen molar-refractivity contribution in [2.45, 2.75) is 33.6 Å². The number of hydrogen-bond donors (Lipinski definition) is 1. The van der Waals surface area contributed by atoms with Crippen molar-refractivity contribution in [1.82, 2.24) is 9.55 Å². The molecule has 1 aliphatic carbocycles. The Morgan fingerprint density at radius 2 is 1.53 bits per heavy atom. The minimum Gasteiger partial charge on any atom is -0.456 e. The van der Waals surface area contributed by atoms with Crippen LogP contribution in [0.15, 0.2) is 120 Å². The standard InChI is InChI=1S/C27H22N2.C12H12O.C3H6/c1-29-24-15-6-5-12-22(24)26-18(9-8-16-25(26)29)17-19-10-7-13-21-20-11-3-2-4-14-23(20)28-27(19)21;1-3-6-11-9(2)10-7-4-5-8-12(10)13-11;1-3-2/h2,4-16,28H,3,17H2,1H3;3-8H,1-2H3;3H,1H2,2H3/b;6-3-;. The number of nitrogens with one attached hydrogen (secondary N) is 1. The van der Waals surface area contributed by atoms with Gasteiger partial charge in [0.15, 0.2) is 0 Å². The van der Waals surface area contributed by atoms with E-state index in [2.05, 4.69) is 121 Å². The van der Waals surface area contributed by atoms with Crippen molar-refractivity contribution in [2.24, 2.45) is 7.05 Å². The predicted molar refractivity (Wildman–Crippen MR) is 195 cm³/mol. The summed E-state index contributed by atoms with van der Waals surface area (Å²) in [6.07, 6.45) is 16.5. The molecule has 0 amide bonds. The molecule has 0 saturated carbocycles. The molecule has 45 heavy (non-hydrogen) atoms. The lowest BCUT2D eigenvalue weighted by atomic mass is 9.98. The van der Waals surface area contributed by atoms with Gasteiger partial charge in [-0.05, 0) is 68.7 Å². The second-order valence-electron chi connectivity index (χ2n) is 11.4. The molecule has 0 aliphatic heterocycles. The molecule has 7 aromatic rings. The molecule has 0 atom stereocenters. The molecule has 4 aromatic carbocycles. The molecule has 0 spiro atoms. The van der Waals surface area contributed by atoms with Crippen molar-refractivity contribution < 1.29 is 4.42 Å². The summed E-state index contributed by atoms with van der Waals surface area (Å²) in [6.45, 7) is 9.33. The van der Waals surface area contributed by atoms with Crippen LogP contribution in [0.3, 0.4) is 0 Å². The molecule has 1 aliphatic rings. The van der Waals surface area contributed by atoms with Crippen LogP contribution in [-0.4, -0.2) is 9.55 Å². The first-order valence-electron chi connectivity index (χ1n) is 15.6. The number of nitrogens with zero attached hydrogens (tertiary/aromatic N) is 1. The Kier molecular flexibility index (Phi) is 8.70. The third kappa shape index (κ3) is 5.70. The Bertz CT molecular complexity index is 2340. The van der Waals surface area contributed by atoms with E-state index in [0.717, 1.165) is 24.2 Å². The highest BCUT2D eigenvalue weighted by atomic mass is 16.3. The van der Waals surface area contributed by atoms with Crippen LogP contribution < -0.4 is 10.6 Å². The Labute approximate surface area is 264 Å². The highest BCUT2D eigenvalue weighted by Gasteiger charge is 2.14. The highest BCUT2D eigenvalue weighted by Crippen LogP contribution is 2.32. The fourth-order valence-corrected chi connectivity index (χ4v) is 6.39. The number of aryl methyl sites for hydroxylation is 2. The molecule has 3 heteroatoms. The molecule has 1 N–H and O–H groups in total. The number of rotatable bonds is 3. The van der Waals surface area contributed by atoms with E-state index in [1.807, 2.05) is 44.2 Å². The molecule has 3 nitrogen and oxygen atoms in total. The van der Waals surface area contributed by atoms with E-state index >= 15 is 0 Å². The number of furan rings is 1. The lowest BCUT2D eigenvalue weighted by molar-refractivity contribution is 0.601. The summed E-state index contributed by atoms with van der Waals surface area (Å²) >= 11 is 0. The SMILES string of the molecule is C/C=C\c1oc2ccccc2c1C.C=CC.Cn1c2ccccc2c2c(Cc3cccc4c5c([nH]c34)=CC=CCC=5)cccc21. The lowest BCUT2D eigenvalue weighted by Crippen LogP contribution is -2.21. The van der Waals surface area contributed by atoms with Crippen molar-refractivity contribution in [3.05, 3.63) is 149 Å². The fourth-order valence-electron chi connectivity index (χ4n) is 6.39. The number of aromatic nitrogens is 2. The van der Waals surface area contributed by atoms with E-state index in [1.54, 1.807) is 6.08 Å². The van der Waals surface area contributed by atoms with Gasteiger partial charge < -0.3 is 14.0 Å². The van der Waals surface area contributed by atoms with Gasteiger partial charge in [0.05, 0.1) is 5.52 Å². The third-order valence-corrected chi connectivity index (χ3v) is 8.45. The zero-order valence-electron chi connectivity index (χ0n) is 26.6. The normalized spacial score (nSPS) is 12.3. The molecule has 0 unspecified atom stereocenters. The first kappa shape index (κ1) is 29.8. The average molecular weight is 589 g/mol. The largest absolute Gasteiger partial charge is 0.456 e.